The number of rotatable bonds is 2. The Morgan fingerprint density at radius 2 is 1.90 bits per heavy atom. The number of aryl methyl sites for hydroxylation is 2. The molecule has 1 amide bonds. The molecule has 1 aliphatic heterocycles. The summed E-state index contributed by atoms with van der Waals surface area (Å²) in [6, 6.07) is 5.94. The zero-order valence-corrected chi connectivity index (χ0v) is 13.2. The molecule has 3 rings (SSSR count). The standard InChI is InChI=1S/C16H19N3OS/c1-12-3-4-14(11-13(12)2)15(20)18-6-8-19(9-7-18)16-17-5-10-21-16/h3-5,10-11H,6-9H2,1-2H3. The number of hydrogen-bond acceptors (Lipinski definition) is 4. The van der Waals surface area contributed by atoms with Gasteiger partial charge in [-0.1, -0.05) is 6.07 Å². The van der Waals surface area contributed by atoms with Gasteiger partial charge >= 0.3 is 0 Å². The quantitative estimate of drug-likeness (QED) is 0.856. The Balaban J connectivity index is 1.66. The third-order valence-corrected chi connectivity index (χ3v) is 4.84. The molecule has 0 aliphatic carbocycles. The van der Waals surface area contributed by atoms with E-state index in [9.17, 15) is 4.79 Å². The van der Waals surface area contributed by atoms with Gasteiger partial charge in [-0.2, -0.15) is 0 Å². The van der Waals surface area contributed by atoms with Crippen molar-refractivity contribution in [1.82, 2.24) is 9.88 Å². The van der Waals surface area contributed by atoms with Crippen LogP contribution in [0, 0.1) is 13.8 Å². The van der Waals surface area contributed by atoms with Crippen LogP contribution in [0.1, 0.15) is 21.5 Å². The van der Waals surface area contributed by atoms with Gasteiger partial charge < -0.3 is 9.80 Å². The first-order chi connectivity index (χ1) is 10.1. The zero-order chi connectivity index (χ0) is 14.8. The Bertz CT molecular complexity index is 631. The van der Waals surface area contributed by atoms with Crippen LogP contribution in [0.15, 0.2) is 29.8 Å². The molecule has 0 atom stereocenters. The minimum atomic E-state index is 0.136. The molecule has 1 fully saturated rings. The van der Waals surface area contributed by atoms with Crippen LogP contribution in [0.5, 0.6) is 0 Å². The smallest absolute Gasteiger partial charge is 0.253 e. The predicted molar refractivity (Wildman–Crippen MR) is 86.1 cm³/mol. The topological polar surface area (TPSA) is 36.4 Å². The van der Waals surface area contributed by atoms with E-state index in [-0.39, 0.29) is 5.91 Å². The van der Waals surface area contributed by atoms with E-state index in [2.05, 4.69) is 16.8 Å². The average molecular weight is 301 g/mol. The van der Waals surface area contributed by atoms with Crippen molar-refractivity contribution in [2.45, 2.75) is 13.8 Å². The maximum Gasteiger partial charge on any atom is 0.253 e. The van der Waals surface area contributed by atoms with Crippen molar-refractivity contribution in [3.05, 3.63) is 46.5 Å². The first-order valence-electron chi connectivity index (χ1n) is 7.16. The van der Waals surface area contributed by atoms with Crippen molar-refractivity contribution in [1.29, 1.82) is 0 Å². The second-order valence-electron chi connectivity index (χ2n) is 5.39. The fourth-order valence-electron chi connectivity index (χ4n) is 2.53. The molecule has 21 heavy (non-hydrogen) atoms. The molecule has 0 N–H and O–H groups in total. The second kappa shape index (κ2) is 5.85. The van der Waals surface area contributed by atoms with Gasteiger partial charge in [-0.15, -0.1) is 11.3 Å². The van der Waals surface area contributed by atoms with E-state index < -0.39 is 0 Å². The van der Waals surface area contributed by atoms with E-state index in [1.54, 1.807) is 11.3 Å². The largest absolute Gasteiger partial charge is 0.345 e. The highest BCUT2D eigenvalue weighted by molar-refractivity contribution is 7.13. The van der Waals surface area contributed by atoms with Crippen molar-refractivity contribution in [3.8, 4) is 0 Å². The molecule has 110 valence electrons. The molecule has 0 bridgehead atoms. The summed E-state index contributed by atoms with van der Waals surface area (Å²) in [4.78, 5) is 21.1. The van der Waals surface area contributed by atoms with Gasteiger partial charge in [-0.3, -0.25) is 4.79 Å². The third kappa shape index (κ3) is 2.93. The highest BCUT2D eigenvalue weighted by Gasteiger charge is 2.23. The molecule has 2 aromatic rings. The monoisotopic (exact) mass is 301 g/mol. The Morgan fingerprint density at radius 1 is 1.14 bits per heavy atom. The molecule has 1 aromatic heterocycles. The number of carbonyl (C=O) groups is 1. The molecule has 2 heterocycles. The minimum Gasteiger partial charge on any atom is -0.345 e. The first-order valence-corrected chi connectivity index (χ1v) is 8.04. The van der Waals surface area contributed by atoms with Crippen LogP contribution in [-0.2, 0) is 0 Å². The number of benzene rings is 1. The molecule has 0 radical (unpaired) electrons. The Morgan fingerprint density at radius 3 is 2.52 bits per heavy atom. The molecular formula is C16H19N3OS. The molecule has 1 aromatic carbocycles. The summed E-state index contributed by atoms with van der Waals surface area (Å²) < 4.78 is 0. The third-order valence-electron chi connectivity index (χ3n) is 4.01. The highest BCUT2D eigenvalue weighted by atomic mass is 32.1. The molecule has 5 heteroatoms. The lowest BCUT2D eigenvalue weighted by Crippen LogP contribution is -2.48. The van der Waals surface area contributed by atoms with Crippen LogP contribution in [0.4, 0.5) is 5.13 Å². The Labute approximate surface area is 129 Å². The van der Waals surface area contributed by atoms with Crippen molar-refractivity contribution in [3.63, 3.8) is 0 Å². The maximum atomic E-state index is 12.6. The van der Waals surface area contributed by atoms with Crippen molar-refractivity contribution in [2.24, 2.45) is 0 Å². The summed E-state index contributed by atoms with van der Waals surface area (Å²) >= 11 is 1.65. The van der Waals surface area contributed by atoms with E-state index in [4.69, 9.17) is 0 Å². The van der Waals surface area contributed by atoms with E-state index >= 15 is 0 Å². The number of carbonyl (C=O) groups excluding carboxylic acids is 1. The van der Waals surface area contributed by atoms with Gasteiger partial charge in [0, 0.05) is 43.3 Å². The average Bonchev–Trinajstić information content (AvgIpc) is 3.04. The molecule has 4 nitrogen and oxygen atoms in total. The van der Waals surface area contributed by atoms with Crippen molar-refractivity contribution >= 4 is 22.4 Å². The SMILES string of the molecule is Cc1ccc(C(=O)N2CCN(c3nccs3)CC2)cc1C. The van der Waals surface area contributed by atoms with Crippen LogP contribution in [-0.4, -0.2) is 42.0 Å². The zero-order valence-electron chi connectivity index (χ0n) is 12.4. The summed E-state index contributed by atoms with van der Waals surface area (Å²) in [6.45, 7) is 7.33. The summed E-state index contributed by atoms with van der Waals surface area (Å²) in [5.74, 6) is 0.136. The number of amides is 1. The van der Waals surface area contributed by atoms with Gasteiger partial charge in [0.15, 0.2) is 5.13 Å². The number of thiazole rings is 1. The van der Waals surface area contributed by atoms with E-state index in [1.807, 2.05) is 41.6 Å². The summed E-state index contributed by atoms with van der Waals surface area (Å²) in [7, 11) is 0. The highest BCUT2D eigenvalue weighted by Crippen LogP contribution is 2.20. The van der Waals surface area contributed by atoms with Crippen LogP contribution >= 0.6 is 11.3 Å². The second-order valence-corrected chi connectivity index (χ2v) is 6.27. The van der Waals surface area contributed by atoms with Crippen LogP contribution in [0.2, 0.25) is 0 Å². The normalized spacial score (nSPS) is 15.3. The molecule has 0 spiro atoms. The first kappa shape index (κ1) is 14.1. The summed E-state index contributed by atoms with van der Waals surface area (Å²) in [6.07, 6.45) is 1.83. The molecule has 1 aliphatic rings. The number of anilines is 1. The number of piperazine rings is 1. The fraction of sp³-hybridized carbons (Fsp3) is 0.375. The van der Waals surface area contributed by atoms with Gasteiger partial charge in [-0.25, -0.2) is 4.98 Å². The lowest BCUT2D eigenvalue weighted by molar-refractivity contribution is 0.0746. The van der Waals surface area contributed by atoms with Gasteiger partial charge in [0.25, 0.3) is 5.91 Å². The maximum absolute atomic E-state index is 12.6. The van der Waals surface area contributed by atoms with Crippen LogP contribution in [0.3, 0.4) is 0 Å². The van der Waals surface area contributed by atoms with Gasteiger partial charge in [0.2, 0.25) is 0 Å². The predicted octanol–water partition coefficient (Wildman–Crippen LogP) is 2.72. The van der Waals surface area contributed by atoms with Crippen molar-refractivity contribution in [2.75, 3.05) is 31.1 Å². The lowest BCUT2D eigenvalue weighted by Gasteiger charge is -2.34. The number of hydrogen-bond donors (Lipinski definition) is 0. The fourth-order valence-corrected chi connectivity index (χ4v) is 3.23. The molecule has 1 saturated heterocycles. The summed E-state index contributed by atoms with van der Waals surface area (Å²) in [5.41, 5.74) is 3.18. The Hall–Kier alpha value is -1.88. The lowest BCUT2D eigenvalue weighted by atomic mass is 10.1. The number of nitrogens with zero attached hydrogens (tertiary/aromatic N) is 3. The van der Waals surface area contributed by atoms with Crippen molar-refractivity contribution < 1.29 is 4.79 Å². The molecule has 0 saturated carbocycles. The van der Waals surface area contributed by atoms with Gasteiger partial charge in [0.1, 0.15) is 0 Å². The van der Waals surface area contributed by atoms with E-state index in [0.29, 0.717) is 0 Å². The van der Waals surface area contributed by atoms with E-state index in [0.717, 1.165) is 36.9 Å². The minimum absolute atomic E-state index is 0.136. The van der Waals surface area contributed by atoms with E-state index in [1.165, 1.54) is 11.1 Å². The van der Waals surface area contributed by atoms with Gasteiger partial charge in [-0.05, 0) is 37.1 Å². The van der Waals surface area contributed by atoms with Crippen LogP contribution < -0.4 is 4.90 Å². The molecule has 0 unspecified atom stereocenters. The number of aromatic nitrogens is 1. The van der Waals surface area contributed by atoms with Gasteiger partial charge in [0.05, 0.1) is 0 Å². The Kier molecular flexibility index (Phi) is 3.92. The van der Waals surface area contributed by atoms with Crippen LogP contribution in [0.25, 0.3) is 0 Å². The summed E-state index contributed by atoms with van der Waals surface area (Å²) in [5, 5.41) is 3.04. The molecular weight excluding hydrogens is 282 g/mol.